The normalized spacial score (nSPS) is 10.1. The van der Waals surface area contributed by atoms with E-state index >= 15 is 0 Å². The van der Waals surface area contributed by atoms with Crippen LogP contribution in [0.25, 0.3) is 0 Å². The van der Waals surface area contributed by atoms with Gasteiger partial charge in [-0.25, -0.2) is 4.79 Å². The van der Waals surface area contributed by atoms with E-state index < -0.39 is 23.4 Å². The fourth-order valence-electron chi connectivity index (χ4n) is 2.20. The molecule has 0 saturated heterocycles. The quantitative estimate of drug-likeness (QED) is 0.403. The Morgan fingerprint density at radius 1 is 1.18 bits per heavy atom. The molecule has 0 aromatic heterocycles. The standard InChI is InChI=1S/C18H17ClN2O7/c1-3-27-16-8-11(4-7-15(16)26-2)18(23)28-10-17(22)20-14-9-12(21(24)25)5-6-13(14)19/h4-9H,3,10H2,1-2H3,(H,20,22). The van der Waals surface area contributed by atoms with Crippen molar-refractivity contribution in [3.8, 4) is 11.5 Å². The van der Waals surface area contributed by atoms with E-state index in [4.69, 9.17) is 25.8 Å². The Labute approximate surface area is 165 Å². The molecule has 0 aliphatic rings. The van der Waals surface area contributed by atoms with E-state index in [1.54, 1.807) is 13.0 Å². The molecule has 1 amide bonds. The Morgan fingerprint density at radius 3 is 2.57 bits per heavy atom. The minimum Gasteiger partial charge on any atom is -0.493 e. The number of anilines is 1. The number of non-ortho nitro benzene ring substituents is 1. The number of methoxy groups -OCH3 is 1. The molecule has 10 heteroatoms. The number of esters is 1. The van der Waals surface area contributed by atoms with Gasteiger partial charge < -0.3 is 19.5 Å². The number of nitro benzene ring substituents is 1. The number of hydrogen-bond donors (Lipinski definition) is 1. The highest BCUT2D eigenvalue weighted by Gasteiger charge is 2.16. The first-order valence-corrected chi connectivity index (χ1v) is 8.45. The van der Waals surface area contributed by atoms with Crippen molar-refractivity contribution in [3.63, 3.8) is 0 Å². The van der Waals surface area contributed by atoms with Crippen molar-refractivity contribution >= 4 is 34.9 Å². The second-order valence-corrected chi connectivity index (χ2v) is 5.75. The number of nitrogens with one attached hydrogen (secondary N) is 1. The van der Waals surface area contributed by atoms with Crippen LogP contribution in [-0.4, -0.2) is 37.1 Å². The summed E-state index contributed by atoms with van der Waals surface area (Å²) in [5, 5.41) is 13.3. The summed E-state index contributed by atoms with van der Waals surface area (Å²) in [6.45, 7) is 1.56. The van der Waals surface area contributed by atoms with Gasteiger partial charge in [-0.2, -0.15) is 0 Å². The highest BCUT2D eigenvalue weighted by atomic mass is 35.5. The SMILES string of the molecule is CCOc1cc(C(=O)OCC(=O)Nc2cc([N+](=O)[O-])ccc2Cl)ccc1OC. The Kier molecular flexibility index (Phi) is 7.16. The van der Waals surface area contributed by atoms with E-state index in [9.17, 15) is 19.7 Å². The number of hydrogen-bond acceptors (Lipinski definition) is 7. The maximum absolute atomic E-state index is 12.2. The predicted octanol–water partition coefficient (Wildman–Crippen LogP) is 3.45. The van der Waals surface area contributed by atoms with Gasteiger partial charge in [-0.3, -0.25) is 14.9 Å². The minimum atomic E-state index is -0.746. The van der Waals surface area contributed by atoms with Crippen LogP contribution in [0.2, 0.25) is 5.02 Å². The second-order valence-electron chi connectivity index (χ2n) is 5.34. The molecule has 2 rings (SSSR count). The van der Waals surface area contributed by atoms with Gasteiger partial charge in [-0.15, -0.1) is 0 Å². The highest BCUT2D eigenvalue weighted by Crippen LogP contribution is 2.29. The number of nitro groups is 1. The highest BCUT2D eigenvalue weighted by molar-refractivity contribution is 6.33. The number of carbonyl (C=O) groups is 2. The topological polar surface area (TPSA) is 117 Å². The largest absolute Gasteiger partial charge is 0.493 e. The van der Waals surface area contributed by atoms with Crippen molar-refractivity contribution in [1.82, 2.24) is 0 Å². The van der Waals surface area contributed by atoms with Crippen LogP contribution in [0.4, 0.5) is 11.4 Å². The predicted molar refractivity (Wildman–Crippen MR) is 101 cm³/mol. The van der Waals surface area contributed by atoms with Crippen molar-refractivity contribution in [1.29, 1.82) is 0 Å². The summed E-state index contributed by atoms with van der Waals surface area (Å²) >= 11 is 5.91. The van der Waals surface area contributed by atoms with E-state index in [0.29, 0.717) is 18.1 Å². The molecule has 0 bridgehead atoms. The van der Waals surface area contributed by atoms with Gasteiger partial charge in [0.2, 0.25) is 0 Å². The Bertz CT molecular complexity index is 901. The average molecular weight is 409 g/mol. The molecule has 2 aromatic carbocycles. The summed E-state index contributed by atoms with van der Waals surface area (Å²) in [5.74, 6) is -0.623. The number of nitrogens with zero attached hydrogens (tertiary/aromatic N) is 1. The van der Waals surface area contributed by atoms with Gasteiger partial charge in [-0.1, -0.05) is 11.6 Å². The van der Waals surface area contributed by atoms with E-state index in [1.165, 1.54) is 31.4 Å². The first-order chi connectivity index (χ1) is 13.3. The fourth-order valence-corrected chi connectivity index (χ4v) is 2.36. The molecule has 9 nitrogen and oxygen atoms in total. The maximum Gasteiger partial charge on any atom is 0.338 e. The molecule has 0 unspecified atom stereocenters. The molecule has 0 atom stereocenters. The zero-order valence-corrected chi connectivity index (χ0v) is 15.8. The van der Waals surface area contributed by atoms with Crippen molar-refractivity contribution in [2.24, 2.45) is 0 Å². The Morgan fingerprint density at radius 2 is 1.93 bits per heavy atom. The molecule has 0 fully saturated rings. The van der Waals surface area contributed by atoms with Gasteiger partial charge in [0.25, 0.3) is 11.6 Å². The second kappa shape index (κ2) is 9.56. The van der Waals surface area contributed by atoms with Crippen LogP contribution in [0.5, 0.6) is 11.5 Å². The first kappa shape index (κ1) is 21.0. The summed E-state index contributed by atoms with van der Waals surface area (Å²) in [4.78, 5) is 34.3. The van der Waals surface area contributed by atoms with E-state index in [0.717, 1.165) is 6.07 Å². The number of benzene rings is 2. The van der Waals surface area contributed by atoms with Gasteiger partial charge in [0, 0.05) is 12.1 Å². The van der Waals surface area contributed by atoms with Gasteiger partial charge in [0.05, 0.1) is 34.9 Å². The lowest BCUT2D eigenvalue weighted by atomic mass is 10.2. The van der Waals surface area contributed by atoms with Crippen LogP contribution in [-0.2, 0) is 9.53 Å². The minimum absolute atomic E-state index is 0.0417. The summed E-state index contributed by atoms with van der Waals surface area (Å²) in [6.07, 6.45) is 0. The van der Waals surface area contributed by atoms with Crippen LogP contribution < -0.4 is 14.8 Å². The zero-order chi connectivity index (χ0) is 20.7. The number of ether oxygens (including phenoxy) is 3. The monoisotopic (exact) mass is 408 g/mol. The lowest BCUT2D eigenvalue weighted by Gasteiger charge is -2.11. The molecule has 0 saturated carbocycles. The molecule has 28 heavy (non-hydrogen) atoms. The molecule has 1 N–H and O–H groups in total. The summed E-state index contributed by atoms with van der Waals surface area (Å²) in [7, 11) is 1.47. The van der Waals surface area contributed by atoms with E-state index in [2.05, 4.69) is 5.32 Å². The van der Waals surface area contributed by atoms with Gasteiger partial charge in [0.1, 0.15) is 0 Å². The van der Waals surface area contributed by atoms with E-state index in [1.807, 2.05) is 0 Å². The number of carbonyl (C=O) groups excluding carboxylic acids is 2. The van der Waals surface area contributed by atoms with Gasteiger partial charge >= 0.3 is 5.97 Å². The fraction of sp³-hybridized carbons (Fsp3) is 0.222. The zero-order valence-electron chi connectivity index (χ0n) is 15.1. The Balaban J connectivity index is 2.01. The van der Waals surface area contributed by atoms with Crippen LogP contribution >= 0.6 is 11.6 Å². The van der Waals surface area contributed by atoms with Crippen LogP contribution in [0, 0.1) is 10.1 Å². The molecule has 0 aliphatic heterocycles. The number of halogens is 1. The van der Waals surface area contributed by atoms with Crippen LogP contribution in [0.1, 0.15) is 17.3 Å². The van der Waals surface area contributed by atoms with Crippen LogP contribution in [0.15, 0.2) is 36.4 Å². The van der Waals surface area contributed by atoms with Crippen molar-refractivity contribution in [2.45, 2.75) is 6.92 Å². The molecule has 0 aliphatic carbocycles. The average Bonchev–Trinajstić information content (AvgIpc) is 2.67. The molecule has 0 spiro atoms. The Hall–Kier alpha value is -3.33. The first-order valence-electron chi connectivity index (χ1n) is 8.07. The smallest absolute Gasteiger partial charge is 0.338 e. The molecular weight excluding hydrogens is 392 g/mol. The van der Waals surface area contributed by atoms with Gasteiger partial charge in [0.15, 0.2) is 18.1 Å². The van der Waals surface area contributed by atoms with Crippen molar-refractivity contribution in [3.05, 3.63) is 57.1 Å². The third kappa shape index (κ3) is 5.34. The molecule has 148 valence electrons. The van der Waals surface area contributed by atoms with Crippen molar-refractivity contribution in [2.75, 3.05) is 25.6 Å². The molecule has 0 heterocycles. The third-order valence-corrected chi connectivity index (χ3v) is 3.80. The van der Waals surface area contributed by atoms with E-state index in [-0.39, 0.29) is 22.0 Å². The summed E-state index contributed by atoms with van der Waals surface area (Å²) < 4.78 is 15.5. The van der Waals surface area contributed by atoms with Crippen molar-refractivity contribution < 1.29 is 28.7 Å². The molecular formula is C18H17ClN2O7. The third-order valence-electron chi connectivity index (χ3n) is 3.47. The van der Waals surface area contributed by atoms with Gasteiger partial charge in [-0.05, 0) is 31.2 Å². The maximum atomic E-state index is 12.2. The molecule has 0 radical (unpaired) electrons. The lowest BCUT2D eigenvalue weighted by Crippen LogP contribution is -2.21. The summed E-state index contributed by atoms with van der Waals surface area (Å²) in [5.41, 5.74) is -0.0243. The lowest BCUT2D eigenvalue weighted by molar-refractivity contribution is -0.384. The summed E-state index contributed by atoms with van der Waals surface area (Å²) in [6, 6.07) is 8.06. The van der Waals surface area contributed by atoms with Crippen LogP contribution in [0.3, 0.4) is 0 Å². The molecule has 2 aromatic rings. The number of amides is 1. The number of rotatable bonds is 8.